The largest absolute Gasteiger partial charge is 0.475 e. The molecule has 1 aliphatic rings. The van der Waals surface area contributed by atoms with Crippen LogP contribution in [0.3, 0.4) is 0 Å². The standard InChI is InChI=1S/C16H24N2O3S/c1-5-11(2)21-15-8-14(6-7-17-15)16(19)18-9-12(3)22(20)13(4)10-18/h6-8,11-13H,5,9-10H2,1-4H3. The lowest BCUT2D eigenvalue weighted by atomic mass is 10.2. The molecule has 0 N–H and O–H groups in total. The van der Waals surface area contributed by atoms with Crippen molar-refractivity contribution in [2.75, 3.05) is 13.1 Å². The molecule has 0 aliphatic carbocycles. The number of hydrogen-bond acceptors (Lipinski definition) is 4. The average Bonchev–Trinajstić information content (AvgIpc) is 2.51. The van der Waals surface area contributed by atoms with Crippen LogP contribution < -0.4 is 4.74 Å². The number of carbonyl (C=O) groups is 1. The highest BCUT2D eigenvalue weighted by atomic mass is 32.2. The first-order valence-corrected chi connectivity index (χ1v) is 9.01. The molecular formula is C16H24N2O3S. The summed E-state index contributed by atoms with van der Waals surface area (Å²) in [6.07, 6.45) is 2.54. The summed E-state index contributed by atoms with van der Waals surface area (Å²) in [4.78, 5) is 18.6. The van der Waals surface area contributed by atoms with Crippen LogP contribution in [0.1, 0.15) is 44.5 Å². The summed E-state index contributed by atoms with van der Waals surface area (Å²) in [5.41, 5.74) is 0.570. The second kappa shape index (κ2) is 7.22. The highest BCUT2D eigenvalue weighted by molar-refractivity contribution is 7.86. The number of amides is 1. The minimum atomic E-state index is -0.868. The van der Waals surface area contributed by atoms with Gasteiger partial charge in [-0.15, -0.1) is 0 Å². The van der Waals surface area contributed by atoms with E-state index in [-0.39, 0.29) is 22.5 Å². The van der Waals surface area contributed by atoms with Gasteiger partial charge in [-0.3, -0.25) is 9.00 Å². The highest BCUT2D eigenvalue weighted by Crippen LogP contribution is 2.19. The smallest absolute Gasteiger partial charge is 0.254 e. The summed E-state index contributed by atoms with van der Waals surface area (Å²) in [5, 5.41) is 0.00995. The summed E-state index contributed by atoms with van der Waals surface area (Å²) < 4.78 is 17.7. The first-order chi connectivity index (χ1) is 10.4. The van der Waals surface area contributed by atoms with Gasteiger partial charge < -0.3 is 9.64 Å². The molecule has 5 nitrogen and oxygen atoms in total. The lowest BCUT2D eigenvalue weighted by Gasteiger charge is -2.34. The third-order valence-electron chi connectivity index (χ3n) is 3.91. The molecular weight excluding hydrogens is 300 g/mol. The van der Waals surface area contributed by atoms with E-state index in [1.807, 2.05) is 27.7 Å². The maximum absolute atomic E-state index is 12.6. The van der Waals surface area contributed by atoms with Crippen molar-refractivity contribution in [3.63, 3.8) is 0 Å². The topological polar surface area (TPSA) is 59.5 Å². The second-order valence-electron chi connectivity index (χ2n) is 5.88. The zero-order valence-electron chi connectivity index (χ0n) is 13.6. The molecule has 1 aromatic rings. The summed E-state index contributed by atoms with van der Waals surface area (Å²) >= 11 is 0. The normalized spacial score (nSPS) is 26.5. The fourth-order valence-electron chi connectivity index (χ4n) is 2.48. The summed E-state index contributed by atoms with van der Waals surface area (Å²) in [7, 11) is -0.868. The van der Waals surface area contributed by atoms with Crippen molar-refractivity contribution in [2.45, 2.75) is 50.7 Å². The fourth-order valence-corrected chi connectivity index (χ4v) is 3.93. The Morgan fingerprint density at radius 1 is 1.45 bits per heavy atom. The van der Waals surface area contributed by atoms with E-state index >= 15 is 0 Å². The fraction of sp³-hybridized carbons (Fsp3) is 0.625. The Morgan fingerprint density at radius 3 is 2.68 bits per heavy atom. The SMILES string of the molecule is CCC(C)Oc1cc(C(=O)N2CC(C)S(=O)C(C)C2)ccn1. The van der Waals surface area contributed by atoms with Crippen LogP contribution in [0.25, 0.3) is 0 Å². The van der Waals surface area contributed by atoms with Crippen LogP contribution in [-0.2, 0) is 10.8 Å². The predicted octanol–water partition coefficient (Wildman–Crippen LogP) is 2.24. The third kappa shape index (κ3) is 3.85. The van der Waals surface area contributed by atoms with E-state index in [9.17, 15) is 9.00 Å². The van der Waals surface area contributed by atoms with Crippen molar-refractivity contribution in [3.8, 4) is 5.88 Å². The molecule has 1 aliphatic heterocycles. The summed E-state index contributed by atoms with van der Waals surface area (Å²) in [6.45, 7) is 8.92. The molecule has 122 valence electrons. The summed E-state index contributed by atoms with van der Waals surface area (Å²) in [6, 6.07) is 3.39. The molecule has 0 spiro atoms. The van der Waals surface area contributed by atoms with Crippen molar-refractivity contribution in [1.29, 1.82) is 0 Å². The van der Waals surface area contributed by atoms with Crippen LogP contribution in [0, 0.1) is 0 Å². The zero-order valence-corrected chi connectivity index (χ0v) is 14.4. The average molecular weight is 324 g/mol. The van der Waals surface area contributed by atoms with E-state index in [0.29, 0.717) is 24.5 Å². The molecule has 22 heavy (non-hydrogen) atoms. The molecule has 6 heteroatoms. The van der Waals surface area contributed by atoms with Gasteiger partial charge in [0.25, 0.3) is 5.91 Å². The predicted molar refractivity (Wildman–Crippen MR) is 87.6 cm³/mol. The van der Waals surface area contributed by atoms with Gasteiger partial charge in [0, 0.05) is 52.2 Å². The van der Waals surface area contributed by atoms with E-state index in [0.717, 1.165) is 6.42 Å². The van der Waals surface area contributed by atoms with Gasteiger partial charge in [0.2, 0.25) is 5.88 Å². The number of nitrogens with zero attached hydrogens (tertiary/aromatic N) is 2. The van der Waals surface area contributed by atoms with Crippen molar-refractivity contribution >= 4 is 16.7 Å². The van der Waals surface area contributed by atoms with E-state index in [1.165, 1.54) is 0 Å². The van der Waals surface area contributed by atoms with Gasteiger partial charge in [-0.25, -0.2) is 4.98 Å². The Bertz CT molecular complexity index is 550. The monoisotopic (exact) mass is 324 g/mol. The number of rotatable bonds is 4. The van der Waals surface area contributed by atoms with Gasteiger partial charge in [0.05, 0.1) is 6.10 Å². The molecule has 2 heterocycles. The quantitative estimate of drug-likeness (QED) is 0.852. The third-order valence-corrected chi connectivity index (χ3v) is 5.80. The van der Waals surface area contributed by atoms with Gasteiger partial charge in [-0.1, -0.05) is 6.92 Å². The Balaban J connectivity index is 2.12. The Morgan fingerprint density at radius 2 is 2.09 bits per heavy atom. The molecule has 2 rings (SSSR count). The molecule has 3 unspecified atom stereocenters. The number of pyridine rings is 1. The molecule has 1 aromatic heterocycles. The molecule has 1 saturated heterocycles. The Labute approximate surface area is 134 Å². The first-order valence-electron chi connectivity index (χ1n) is 7.73. The van der Waals surface area contributed by atoms with Crippen LogP contribution in [-0.4, -0.2) is 49.7 Å². The molecule has 1 fully saturated rings. The van der Waals surface area contributed by atoms with Crippen LogP contribution in [0.5, 0.6) is 5.88 Å². The maximum atomic E-state index is 12.6. The Kier molecular flexibility index (Phi) is 5.56. The number of hydrogen-bond donors (Lipinski definition) is 0. The molecule has 3 atom stereocenters. The number of ether oxygens (including phenoxy) is 1. The van der Waals surface area contributed by atoms with Gasteiger partial charge in [0.15, 0.2) is 0 Å². The van der Waals surface area contributed by atoms with Crippen LogP contribution >= 0.6 is 0 Å². The molecule has 1 amide bonds. The minimum Gasteiger partial charge on any atom is -0.475 e. The lowest BCUT2D eigenvalue weighted by Crippen LogP contribution is -2.49. The molecule has 0 radical (unpaired) electrons. The van der Waals surface area contributed by atoms with Crippen molar-refractivity contribution < 1.29 is 13.7 Å². The lowest BCUT2D eigenvalue weighted by molar-refractivity contribution is 0.0750. The van der Waals surface area contributed by atoms with Crippen molar-refractivity contribution in [3.05, 3.63) is 23.9 Å². The zero-order chi connectivity index (χ0) is 16.3. The van der Waals surface area contributed by atoms with Crippen molar-refractivity contribution in [1.82, 2.24) is 9.88 Å². The van der Waals surface area contributed by atoms with Gasteiger partial charge in [-0.2, -0.15) is 0 Å². The molecule has 0 aromatic carbocycles. The van der Waals surface area contributed by atoms with E-state index < -0.39 is 10.8 Å². The molecule has 0 bridgehead atoms. The van der Waals surface area contributed by atoms with Crippen LogP contribution in [0.15, 0.2) is 18.3 Å². The highest BCUT2D eigenvalue weighted by Gasteiger charge is 2.31. The van der Waals surface area contributed by atoms with Crippen molar-refractivity contribution in [2.24, 2.45) is 0 Å². The van der Waals surface area contributed by atoms with Gasteiger partial charge in [-0.05, 0) is 33.3 Å². The Hall–Kier alpha value is -1.43. The minimum absolute atomic E-state index is 0.00497. The van der Waals surface area contributed by atoms with Crippen LogP contribution in [0.2, 0.25) is 0 Å². The molecule has 0 saturated carbocycles. The summed E-state index contributed by atoms with van der Waals surface area (Å²) in [5.74, 6) is 0.425. The van der Waals surface area contributed by atoms with Crippen LogP contribution in [0.4, 0.5) is 0 Å². The van der Waals surface area contributed by atoms with E-state index in [2.05, 4.69) is 4.98 Å². The number of carbonyl (C=O) groups excluding carboxylic acids is 1. The van der Waals surface area contributed by atoms with Gasteiger partial charge in [0.1, 0.15) is 0 Å². The second-order valence-corrected chi connectivity index (χ2v) is 8.15. The number of aromatic nitrogens is 1. The first kappa shape index (κ1) is 16.9. The van der Waals surface area contributed by atoms with E-state index in [1.54, 1.807) is 23.2 Å². The maximum Gasteiger partial charge on any atom is 0.254 e. The van der Waals surface area contributed by atoms with Gasteiger partial charge >= 0.3 is 0 Å². The van der Waals surface area contributed by atoms with E-state index in [4.69, 9.17) is 4.74 Å².